The summed E-state index contributed by atoms with van der Waals surface area (Å²) < 4.78 is 0. The number of benzene rings is 1. The van der Waals surface area contributed by atoms with Crippen molar-refractivity contribution in [2.24, 2.45) is 0 Å². The molecule has 1 aromatic carbocycles. The summed E-state index contributed by atoms with van der Waals surface area (Å²) in [5.41, 5.74) is 0.819. The number of hydrogen-bond donors (Lipinski definition) is 0. The third kappa shape index (κ3) is 2.68. The molecule has 0 aliphatic rings. The lowest BCUT2D eigenvalue weighted by Gasteiger charge is -1.95. The van der Waals surface area contributed by atoms with E-state index in [-0.39, 0.29) is 0 Å². The zero-order valence-electron chi connectivity index (χ0n) is 6.13. The number of halogens is 2. The molecule has 0 saturated heterocycles. The van der Waals surface area contributed by atoms with E-state index in [4.69, 9.17) is 23.2 Å². The van der Waals surface area contributed by atoms with E-state index in [1.165, 1.54) is 6.08 Å². The van der Waals surface area contributed by atoms with Crippen LogP contribution in [0.1, 0.15) is 5.56 Å². The van der Waals surface area contributed by atoms with Gasteiger partial charge in [0.25, 0.3) is 0 Å². The Kier molecular flexibility index (Phi) is 3.32. The molecule has 12 heavy (non-hydrogen) atoms. The van der Waals surface area contributed by atoms with Gasteiger partial charge >= 0.3 is 0 Å². The molecule has 0 spiro atoms. The van der Waals surface area contributed by atoms with Crippen LogP contribution in [0.15, 0.2) is 24.3 Å². The molecule has 0 amide bonds. The van der Waals surface area contributed by atoms with Crippen LogP contribution < -0.4 is 0 Å². The first kappa shape index (κ1) is 9.30. The fraction of sp³-hybridized carbons (Fsp3) is 0. The lowest BCUT2D eigenvalue weighted by molar-refractivity contribution is -0.104. The standard InChI is InChI=1S/C9H6Cl2O/c10-8-4-7(2-1-3-12)5-9(11)6-8/h1-6H. The van der Waals surface area contributed by atoms with Crippen LogP contribution in [0.5, 0.6) is 0 Å². The zero-order chi connectivity index (χ0) is 8.97. The lowest BCUT2D eigenvalue weighted by atomic mass is 10.2. The molecule has 0 aliphatic heterocycles. The highest BCUT2D eigenvalue weighted by atomic mass is 35.5. The zero-order valence-corrected chi connectivity index (χ0v) is 7.64. The van der Waals surface area contributed by atoms with Crippen molar-refractivity contribution in [3.63, 3.8) is 0 Å². The van der Waals surface area contributed by atoms with Crippen molar-refractivity contribution < 1.29 is 4.79 Å². The summed E-state index contributed by atoms with van der Waals surface area (Å²) in [6.07, 6.45) is 3.74. The molecular weight excluding hydrogens is 195 g/mol. The smallest absolute Gasteiger partial charge is 0.142 e. The first-order chi connectivity index (χ1) is 5.72. The van der Waals surface area contributed by atoms with Crippen LogP contribution in [-0.4, -0.2) is 6.29 Å². The van der Waals surface area contributed by atoms with Crippen LogP contribution in [0.3, 0.4) is 0 Å². The molecule has 0 aromatic heterocycles. The fourth-order valence-corrected chi connectivity index (χ4v) is 1.36. The molecule has 62 valence electrons. The minimum Gasteiger partial charge on any atom is -0.299 e. The predicted octanol–water partition coefficient (Wildman–Crippen LogP) is 3.21. The molecule has 0 aliphatic carbocycles. The maximum atomic E-state index is 10.00. The Morgan fingerprint density at radius 1 is 1.08 bits per heavy atom. The van der Waals surface area contributed by atoms with E-state index in [2.05, 4.69) is 0 Å². The molecule has 0 fully saturated rings. The Morgan fingerprint density at radius 3 is 2.17 bits per heavy atom. The highest BCUT2D eigenvalue weighted by Crippen LogP contribution is 2.19. The maximum Gasteiger partial charge on any atom is 0.142 e. The van der Waals surface area contributed by atoms with Gasteiger partial charge in [-0.1, -0.05) is 29.3 Å². The molecule has 0 N–H and O–H groups in total. The number of aldehydes is 1. The first-order valence-electron chi connectivity index (χ1n) is 3.30. The van der Waals surface area contributed by atoms with Gasteiger partial charge in [-0.25, -0.2) is 0 Å². The summed E-state index contributed by atoms with van der Waals surface area (Å²) in [5, 5.41) is 1.13. The summed E-state index contributed by atoms with van der Waals surface area (Å²) in [6.45, 7) is 0. The second-order valence-corrected chi connectivity index (χ2v) is 3.07. The lowest BCUT2D eigenvalue weighted by Crippen LogP contribution is -1.73. The molecule has 0 saturated carbocycles. The topological polar surface area (TPSA) is 17.1 Å². The number of rotatable bonds is 2. The molecular formula is C9H6Cl2O. The largest absolute Gasteiger partial charge is 0.299 e. The minimum atomic E-state index is 0.563. The van der Waals surface area contributed by atoms with Crippen LogP contribution in [0.4, 0.5) is 0 Å². The van der Waals surface area contributed by atoms with Crippen LogP contribution in [-0.2, 0) is 4.79 Å². The summed E-state index contributed by atoms with van der Waals surface area (Å²) in [6, 6.07) is 5.10. The van der Waals surface area contributed by atoms with Gasteiger partial charge in [-0.15, -0.1) is 0 Å². The Bertz CT molecular complexity index is 298. The molecule has 0 atom stereocenters. The molecule has 1 nitrogen and oxygen atoms in total. The highest BCUT2D eigenvalue weighted by Gasteiger charge is 1.93. The number of hydrogen-bond acceptors (Lipinski definition) is 1. The number of allylic oxidation sites excluding steroid dienone is 1. The molecule has 0 bridgehead atoms. The van der Waals surface area contributed by atoms with Gasteiger partial charge in [-0.2, -0.15) is 0 Å². The second kappa shape index (κ2) is 4.29. The van der Waals surface area contributed by atoms with Gasteiger partial charge in [0.1, 0.15) is 6.29 Å². The molecule has 0 radical (unpaired) electrons. The predicted molar refractivity (Wildman–Crippen MR) is 51.6 cm³/mol. The average molecular weight is 201 g/mol. The van der Waals surface area contributed by atoms with E-state index < -0.39 is 0 Å². The average Bonchev–Trinajstić information content (AvgIpc) is 1.99. The van der Waals surface area contributed by atoms with Crippen molar-refractivity contribution in [3.8, 4) is 0 Å². The summed E-state index contributed by atoms with van der Waals surface area (Å²) in [5.74, 6) is 0. The number of carbonyl (C=O) groups excluding carboxylic acids is 1. The molecule has 1 aromatic rings. The van der Waals surface area contributed by atoms with Crippen molar-refractivity contribution in [1.82, 2.24) is 0 Å². The monoisotopic (exact) mass is 200 g/mol. The Hall–Kier alpha value is -0.790. The Morgan fingerprint density at radius 2 is 1.67 bits per heavy atom. The van der Waals surface area contributed by atoms with Gasteiger partial charge < -0.3 is 0 Å². The van der Waals surface area contributed by atoms with Crippen LogP contribution in [0, 0.1) is 0 Å². The molecule has 0 unspecified atom stereocenters. The van der Waals surface area contributed by atoms with Gasteiger partial charge in [0.15, 0.2) is 0 Å². The van der Waals surface area contributed by atoms with Gasteiger partial charge in [-0.3, -0.25) is 4.79 Å². The normalized spacial score (nSPS) is 10.5. The van der Waals surface area contributed by atoms with Crippen LogP contribution >= 0.6 is 23.2 Å². The quantitative estimate of drug-likeness (QED) is 0.530. The van der Waals surface area contributed by atoms with Crippen molar-refractivity contribution in [1.29, 1.82) is 0 Å². The van der Waals surface area contributed by atoms with Gasteiger partial charge in [-0.05, 0) is 29.8 Å². The summed E-state index contributed by atoms with van der Waals surface area (Å²) in [4.78, 5) is 10.00. The Labute approximate surface area is 80.6 Å². The van der Waals surface area contributed by atoms with Crippen LogP contribution in [0.25, 0.3) is 6.08 Å². The van der Waals surface area contributed by atoms with Gasteiger partial charge in [0.05, 0.1) is 0 Å². The van der Waals surface area contributed by atoms with E-state index in [1.54, 1.807) is 24.3 Å². The third-order valence-electron chi connectivity index (χ3n) is 1.25. The fourth-order valence-electron chi connectivity index (χ4n) is 0.822. The van der Waals surface area contributed by atoms with E-state index in [0.29, 0.717) is 16.3 Å². The van der Waals surface area contributed by atoms with Crippen molar-refractivity contribution in [3.05, 3.63) is 39.9 Å². The van der Waals surface area contributed by atoms with E-state index in [0.717, 1.165) is 5.56 Å². The van der Waals surface area contributed by atoms with E-state index in [1.807, 2.05) is 0 Å². The van der Waals surface area contributed by atoms with Crippen molar-refractivity contribution in [2.75, 3.05) is 0 Å². The maximum absolute atomic E-state index is 10.00. The molecule has 3 heteroatoms. The highest BCUT2D eigenvalue weighted by molar-refractivity contribution is 6.34. The van der Waals surface area contributed by atoms with Gasteiger partial charge in [0, 0.05) is 10.0 Å². The SMILES string of the molecule is O=CC=Cc1cc(Cl)cc(Cl)c1. The molecule has 0 heterocycles. The van der Waals surface area contributed by atoms with Crippen molar-refractivity contribution >= 4 is 35.6 Å². The Balaban J connectivity index is 3.00. The molecule has 1 rings (SSSR count). The van der Waals surface area contributed by atoms with E-state index in [9.17, 15) is 4.79 Å². The van der Waals surface area contributed by atoms with E-state index >= 15 is 0 Å². The number of carbonyl (C=O) groups is 1. The summed E-state index contributed by atoms with van der Waals surface area (Å²) >= 11 is 11.4. The van der Waals surface area contributed by atoms with Gasteiger partial charge in [0.2, 0.25) is 0 Å². The summed E-state index contributed by atoms with van der Waals surface area (Å²) in [7, 11) is 0. The second-order valence-electron chi connectivity index (χ2n) is 2.20. The van der Waals surface area contributed by atoms with Crippen molar-refractivity contribution in [2.45, 2.75) is 0 Å². The first-order valence-corrected chi connectivity index (χ1v) is 4.06. The third-order valence-corrected chi connectivity index (χ3v) is 1.69. The van der Waals surface area contributed by atoms with Crippen LogP contribution in [0.2, 0.25) is 10.0 Å². The minimum absolute atomic E-state index is 0.563.